The van der Waals surface area contributed by atoms with Crippen LogP contribution in [0.1, 0.15) is 323 Å². The monoisotopic (exact) mass is 1420 g/mol. The van der Waals surface area contributed by atoms with Crippen LogP contribution in [0.5, 0.6) is 0 Å². The summed E-state index contributed by atoms with van der Waals surface area (Å²) in [5.74, 6) is -2.23. The van der Waals surface area contributed by atoms with Crippen LogP contribution in [0.25, 0.3) is 0 Å². The molecule has 0 aliphatic heterocycles. The lowest BCUT2D eigenvalue weighted by molar-refractivity contribution is -0.161. The quantitative estimate of drug-likeness (QED) is 0.0169. The van der Waals surface area contributed by atoms with Gasteiger partial charge in [0.2, 0.25) is 0 Å². The first-order valence-corrected chi connectivity index (χ1v) is 41.5. The number of rotatable bonds is 72. The Labute approximate surface area is 595 Å². The van der Waals surface area contributed by atoms with Gasteiger partial charge in [0.1, 0.15) is 19.3 Å². The summed E-state index contributed by atoms with van der Waals surface area (Å²) in [6.45, 7) is 4.59. The molecular weight excluding hydrogens is 1280 g/mol. The zero-order valence-electron chi connectivity index (χ0n) is 61.7. The normalized spacial score (nSPS) is 14.5. The lowest BCUT2D eigenvalue weighted by atomic mass is 10.0. The molecule has 0 spiro atoms. The van der Waals surface area contributed by atoms with Crippen LogP contribution in [0.2, 0.25) is 0 Å². The van der Waals surface area contributed by atoms with Gasteiger partial charge in [-0.15, -0.1) is 0 Å². The van der Waals surface area contributed by atoms with Crippen molar-refractivity contribution in [2.24, 2.45) is 0 Å². The van der Waals surface area contributed by atoms with Gasteiger partial charge in [-0.05, 0) is 122 Å². The maximum atomic E-state index is 13.1. The summed E-state index contributed by atoms with van der Waals surface area (Å²) in [5.41, 5.74) is 0. The molecule has 19 heteroatoms. The number of phosphoric acid groups is 2. The fraction of sp³-hybridized carbons (Fsp3) is 0.747. The smallest absolute Gasteiger partial charge is 0.462 e. The van der Waals surface area contributed by atoms with Gasteiger partial charge in [0.15, 0.2) is 12.2 Å². The molecular formula is C79H138O17P2. The van der Waals surface area contributed by atoms with E-state index in [1.807, 2.05) is 0 Å². The molecule has 0 saturated carbocycles. The number of ether oxygens (including phenoxy) is 4. The summed E-state index contributed by atoms with van der Waals surface area (Å²) in [6, 6.07) is 0. The molecule has 0 fully saturated rings. The summed E-state index contributed by atoms with van der Waals surface area (Å²) in [6.07, 6.45) is 74.0. The topological polar surface area (TPSA) is 237 Å². The van der Waals surface area contributed by atoms with Crippen LogP contribution in [-0.2, 0) is 65.4 Å². The number of unbranched alkanes of at least 4 members (excludes halogenated alkanes) is 30. The third-order valence-electron chi connectivity index (χ3n) is 16.0. The van der Waals surface area contributed by atoms with Gasteiger partial charge in [-0.2, -0.15) is 0 Å². The lowest BCUT2D eigenvalue weighted by Gasteiger charge is -2.21. The average Bonchev–Trinajstić information content (AvgIpc) is 1.04. The maximum absolute atomic E-state index is 13.1. The molecule has 0 bridgehead atoms. The highest BCUT2D eigenvalue weighted by atomic mass is 31.2. The largest absolute Gasteiger partial charge is 0.472 e. The Kier molecular flexibility index (Phi) is 68.4. The number of phosphoric ester groups is 2. The predicted octanol–water partition coefficient (Wildman–Crippen LogP) is 22.0. The third-order valence-corrected chi connectivity index (χ3v) is 17.9. The van der Waals surface area contributed by atoms with Crippen LogP contribution in [0, 0.1) is 0 Å². The standard InChI is InChI=1S/C79H138O17P2/c1-5-9-13-17-21-25-29-33-36-40-43-47-51-55-59-63-76(81)89-69-74(95-78(83)65-61-57-53-49-45-39-32-28-24-20-16-12-8-4)71-93-97(85,86)91-67-73(80)68-92-98(87,88)94-72-75(96-79(84)66-62-58-54-50-46-42-38-35-31-27-23-19-15-11-7-3)70-90-77(82)64-60-56-52-48-44-41-37-34-30-26-22-18-14-10-6-2/h9-10,13-14,21-22,25-26,28,32-34,36-37,44,48,73-75,80H,5-8,11-12,15-20,23-24,27,29-31,35,38-43,45-47,49-72H2,1-4H3,(H,85,86)(H,87,88)/b13-9-,14-10-,25-21-,26-22-,32-28-,36-33-,37-34-,48-44-. The highest BCUT2D eigenvalue weighted by Gasteiger charge is 2.30. The summed E-state index contributed by atoms with van der Waals surface area (Å²) in [5, 5.41) is 10.6. The van der Waals surface area contributed by atoms with Gasteiger partial charge >= 0.3 is 39.5 Å². The van der Waals surface area contributed by atoms with Crippen molar-refractivity contribution < 1.29 is 80.2 Å². The van der Waals surface area contributed by atoms with Crippen LogP contribution < -0.4 is 0 Å². The summed E-state index contributed by atoms with van der Waals surface area (Å²) < 4.78 is 68.4. The van der Waals surface area contributed by atoms with Crippen LogP contribution in [0.15, 0.2) is 97.2 Å². The van der Waals surface area contributed by atoms with E-state index in [1.54, 1.807) is 0 Å². The van der Waals surface area contributed by atoms with Crippen molar-refractivity contribution in [2.75, 3.05) is 39.6 Å². The van der Waals surface area contributed by atoms with Gasteiger partial charge in [0.05, 0.1) is 26.4 Å². The van der Waals surface area contributed by atoms with Crippen molar-refractivity contribution in [3.05, 3.63) is 97.2 Å². The number of esters is 4. The number of hydrogen-bond acceptors (Lipinski definition) is 15. The second-order valence-electron chi connectivity index (χ2n) is 25.5. The van der Waals surface area contributed by atoms with Gasteiger partial charge < -0.3 is 33.8 Å². The molecule has 98 heavy (non-hydrogen) atoms. The van der Waals surface area contributed by atoms with Crippen LogP contribution >= 0.6 is 15.6 Å². The van der Waals surface area contributed by atoms with Gasteiger partial charge in [-0.1, -0.05) is 273 Å². The molecule has 0 heterocycles. The number of hydrogen-bond donors (Lipinski definition) is 3. The zero-order valence-corrected chi connectivity index (χ0v) is 63.5. The SMILES string of the molecule is CC/C=C\C/C=C\C/C=C\C/C=C\CCCCC(=O)OCC(COP(=O)(O)OCC(O)COP(=O)(O)OCC(COC(=O)CCCCCCC/C=C\C/C=C\C/C=C\CC)OC(=O)CCCCCCC/C=C\CCCCCC)OC(=O)CCCCCCCCCCCCCCCCC. The summed E-state index contributed by atoms with van der Waals surface area (Å²) in [4.78, 5) is 72.8. The van der Waals surface area contributed by atoms with E-state index >= 15 is 0 Å². The molecule has 17 nitrogen and oxygen atoms in total. The number of aliphatic hydroxyl groups is 1. The van der Waals surface area contributed by atoms with E-state index in [4.69, 9.17) is 37.0 Å². The molecule has 0 rings (SSSR count). The molecule has 0 aromatic carbocycles. The van der Waals surface area contributed by atoms with E-state index in [2.05, 4.69) is 125 Å². The third kappa shape index (κ3) is 70.4. The molecule has 5 unspecified atom stereocenters. The molecule has 0 radical (unpaired) electrons. The maximum Gasteiger partial charge on any atom is 0.472 e. The fourth-order valence-electron chi connectivity index (χ4n) is 10.2. The molecule has 0 aliphatic carbocycles. The number of aliphatic hydroxyl groups excluding tert-OH is 1. The van der Waals surface area contributed by atoms with Crippen molar-refractivity contribution in [1.82, 2.24) is 0 Å². The highest BCUT2D eigenvalue weighted by molar-refractivity contribution is 7.47. The minimum Gasteiger partial charge on any atom is -0.462 e. The van der Waals surface area contributed by atoms with E-state index in [0.29, 0.717) is 25.7 Å². The van der Waals surface area contributed by atoms with E-state index < -0.39 is 97.5 Å². The van der Waals surface area contributed by atoms with Crippen LogP contribution in [0.3, 0.4) is 0 Å². The Morgan fingerprint density at radius 2 is 0.531 bits per heavy atom. The minimum atomic E-state index is -4.98. The minimum absolute atomic E-state index is 0.0806. The Morgan fingerprint density at radius 3 is 0.857 bits per heavy atom. The number of allylic oxidation sites excluding steroid dienone is 16. The summed E-state index contributed by atoms with van der Waals surface area (Å²) >= 11 is 0. The van der Waals surface area contributed by atoms with Crippen molar-refractivity contribution in [2.45, 2.75) is 341 Å². The molecule has 0 aromatic heterocycles. The van der Waals surface area contributed by atoms with Gasteiger partial charge in [-0.25, -0.2) is 9.13 Å². The van der Waals surface area contributed by atoms with E-state index in [0.717, 1.165) is 154 Å². The molecule has 0 saturated heterocycles. The number of carbonyl (C=O) groups is 4. The van der Waals surface area contributed by atoms with E-state index in [9.17, 15) is 43.2 Å². The Balaban J connectivity index is 5.38. The van der Waals surface area contributed by atoms with Gasteiger partial charge in [0.25, 0.3) is 0 Å². The molecule has 0 aromatic rings. The number of carbonyl (C=O) groups excluding carboxylic acids is 4. The van der Waals surface area contributed by atoms with E-state index in [-0.39, 0.29) is 25.7 Å². The first kappa shape index (κ1) is 94.0. The van der Waals surface area contributed by atoms with Gasteiger partial charge in [0, 0.05) is 25.7 Å². The van der Waals surface area contributed by atoms with Crippen molar-refractivity contribution in [3.63, 3.8) is 0 Å². The summed E-state index contributed by atoms with van der Waals surface area (Å²) in [7, 11) is -9.96. The van der Waals surface area contributed by atoms with Crippen molar-refractivity contribution in [3.8, 4) is 0 Å². The van der Waals surface area contributed by atoms with Crippen molar-refractivity contribution in [1.29, 1.82) is 0 Å². The molecule has 3 N–H and O–H groups in total. The Morgan fingerprint density at radius 1 is 0.296 bits per heavy atom. The average molecular weight is 1420 g/mol. The second kappa shape index (κ2) is 71.4. The first-order valence-electron chi connectivity index (χ1n) is 38.5. The lowest BCUT2D eigenvalue weighted by Crippen LogP contribution is -2.30. The van der Waals surface area contributed by atoms with E-state index in [1.165, 1.54) is 89.9 Å². The molecule has 0 aliphatic rings. The molecule has 5 atom stereocenters. The van der Waals surface area contributed by atoms with Gasteiger partial charge in [-0.3, -0.25) is 37.3 Å². The highest BCUT2D eigenvalue weighted by Crippen LogP contribution is 2.45. The first-order chi connectivity index (χ1) is 47.7. The van der Waals surface area contributed by atoms with Crippen LogP contribution in [0.4, 0.5) is 0 Å². The molecule has 566 valence electrons. The Hall–Kier alpha value is -4.02. The molecule has 0 amide bonds. The van der Waals surface area contributed by atoms with Crippen LogP contribution in [-0.4, -0.2) is 96.7 Å². The van der Waals surface area contributed by atoms with Crippen molar-refractivity contribution >= 4 is 39.5 Å². The predicted molar refractivity (Wildman–Crippen MR) is 399 cm³/mol. The zero-order chi connectivity index (χ0) is 71.8. The second-order valence-corrected chi connectivity index (χ2v) is 28.4. The Bertz CT molecular complexity index is 2240. The fourth-order valence-corrected chi connectivity index (χ4v) is 11.8.